The fourth-order valence-electron chi connectivity index (χ4n) is 4.99. The summed E-state index contributed by atoms with van der Waals surface area (Å²) < 4.78 is 29.0. The van der Waals surface area contributed by atoms with E-state index in [1.165, 1.54) is 32.5 Å². The second kappa shape index (κ2) is 9.40. The molecule has 182 valence electrons. The van der Waals surface area contributed by atoms with Gasteiger partial charge in [-0.25, -0.2) is 13.4 Å². The second-order valence-electron chi connectivity index (χ2n) is 9.03. The number of sulfonamides is 1. The van der Waals surface area contributed by atoms with Gasteiger partial charge in [0.2, 0.25) is 5.91 Å². The van der Waals surface area contributed by atoms with E-state index in [1.807, 2.05) is 18.2 Å². The Labute approximate surface area is 216 Å². The number of thiazole rings is 1. The summed E-state index contributed by atoms with van der Waals surface area (Å²) in [5.41, 5.74) is 3.36. The van der Waals surface area contributed by atoms with Crippen LogP contribution in [0.5, 0.6) is 0 Å². The number of benzene rings is 1. The first-order chi connectivity index (χ1) is 17.0. The molecule has 1 unspecified atom stereocenters. The molecule has 4 heterocycles. The minimum atomic E-state index is -3.56. The Balaban J connectivity index is 1.29. The van der Waals surface area contributed by atoms with Gasteiger partial charge in [0, 0.05) is 23.5 Å². The van der Waals surface area contributed by atoms with Crippen molar-refractivity contribution in [2.45, 2.75) is 42.7 Å². The third kappa shape index (κ3) is 4.35. The van der Waals surface area contributed by atoms with Crippen molar-refractivity contribution in [2.24, 2.45) is 5.92 Å². The zero-order chi connectivity index (χ0) is 24.0. The maximum Gasteiger partial charge on any atom is 0.252 e. The first-order valence-corrected chi connectivity index (χ1v) is 15.8. The van der Waals surface area contributed by atoms with Crippen LogP contribution in [-0.2, 0) is 27.7 Å². The Morgan fingerprint density at radius 1 is 1.06 bits per heavy atom. The van der Waals surface area contributed by atoms with Gasteiger partial charge < -0.3 is 5.32 Å². The highest BCUT2D eigenvalue weighted by molar-refractivity contribution is 7.91. The van der Waals surface area contributed by atoms with Crippen LogP contribution in [0, 0.1) is 5.92 Å². The van der Waals surface area contributed by atoms with Crippen LogP contribution in [0.4, 0.5) is 5.00 Å². The monoisotopic (exact) mass is 543 g/mol. The van der Waals surface area contributed by atoms with Crippen LogP contribution >= 0.6 is 34.0 Å². The predicted molar refractivity (Wildman–Crippen MR) is 144 cm³/mol. The normalized spacial score (nSPS) is 19.0. The molecule has 0 radical (unpaired) electrons. The van der Waals surface area contributed by atoms with Crippen LogP contribution in [0.2, 0.25) is 0 Å². The number of amides is 1. The quantitative estimate of drug-likeness (QED) is 0.335. The van der Waals surface area contributed by atoms with Crippen LogP contribution in [-0.4, -0.2) is 36.7 Å². The summed E-state index contributed by atoms with van der Waals surface area (Å²) in [5, 5.41) is 6.79. The summed E-state index contributed by atoms with van der Waals surface area (Å²) in [6.07, 6.45) is 5.71. The third-order valence-electron chi connectivity index (χ3n) is 6.76. The number of thiophene rings is 2. The Morgan fingerprint density at radius 2 is 1.91 bits per heavy atom. The molecule has 1 aliphatic heterocycles. The molecule has 35 heavy (non-hydrogen) atoms. The number of rotatable bonds is 5. The molecule has 1 aliphatic carbocycles. The zero-order valence-corrected chi connectivity index (χ0v) is 22.3. The van der Waals surface area contributed by atoms with Crippen LogP contribution in [0.3, 0.4) is 0 Å². The minimum Gasteiger partial charge on any atom is -0.317 e. The number of fused-ring (bicyclic) bond motifs is 2. The van der Waals surface area contributed by atoms with E-state index in [9.17, 15) is 13.2 Å². The van der Waals surface area contributed by atoms with Gasteiger partial charge in [-0.1, -0.05) is 18.2 Å². The van der Waals surface area contributed by atoms with Crippen LogP contribution < -0.4 is 5.32 Å². The van der Waals surface area contributed by atoms with Crippen LogP contribution in [0.25, 0.3) is 20.8 Å². The van der Waals surface area contributed by atoms with Gasteiger partial charge in [-0.2, -0.15) is 4.31 Å². The van der Waals surface area contributed by atoms with E-state index in [0.717, 1.165) is 45.1 Å². The van der Waals surface area contributed by atoms with Crippen molar-refractivity contribution in [1.82, 2.24) is 9.29 Å². The average Bonchev–Trinajstić information content (AvgIpc) is 3.62. The maximum atomic E-state index is 13.5. The summed E-state index contributed by atoms with van der Waals surface area (Å²) in [6, 6.07) is 11.5. The smallest absolute Gasteiger partial charge is 0.252 e. The standard InChI is InChI=1S/C25H25N3O3S4/c29-23(16-7-5-13-28(15-16)35(30,31)21-12-6-14-32-21)27-25-22(17-8-1-3-10-19(17)33-25)24-26-18-9-2-4-11-20(18)34-24/h2,4,6,9,11-12,14,16H,1,3,5,7-8,10,13,15H2,(H,27,29). The number of hydrogen-bond acceptors (Lipinski definition) is 7. The number of nitrogens with zero attached hydrogens (tertiary/aromatic N) is 2. The molecule has 0 saturated carbocycles. The van der Waals surface area contributed by atoms with Crippen molar-refractivity contribution in [3.05, 3.63) is 52.2 Å². The van der Waals surface area contributed by atoms with Gasteiger partial charge in [0.1, 0.15) is 14.2 Å². The summed E-state index contributed by atoms with van der Waals surface area (Å²) in [4.78, 5) is 19.7. The zero-order valence-electron chi connectivity index (χ0n) is 19.0. The average molecular weight is 544 g/mol. The summed E-state index contributed by atoms with van der Waals surface area (Å²) >= 11 is 4.55. The second-order valence-corrected chi connectivity index (χ2v) is 14.3. The molecule has 1 amide bonds. The highest BCUT2D eigenvalue weighted by Crippen LogP contribution is 2.46. The molecular formula is C25H25N3O3S4. The molecule has 1 saturated heterocycles. The summed E-state index contributed by atoms with van der Waals surface area (Å²) in [5.74, 6) is -0.474. The van der Waals surface area contributed by atoms with E-state index in [0.29, 0.717) is 23.6 Å². The van der Waals surface area contributed by atoms with Gasteiger partial charge in [0.15, 0.2) is 0 Å². The van der Waals surface area contributed by atoms with E-state index in [1.54, 1.807) is 40.2 Å². The van der Waals surface area contributed by atoms with Crippen molar-refractivity contribution in [1.29, 1.82) is 0 Å². The largest absolute Gasteiger partial charge is 0.317 e. The Bertz CT molecular complexity index is 1450. The summed E-state index contributed by atoms with van der Waals surface area (Å²) in [6.45, 7) is 0.669. The van der Waals surface area contributed by atoms with Gasteiger partial charge >= 0.3 is 0 Å². The molecule has 1 aromatic carbocycles. The third-order valence-corrected chi connectivity index (χ3v) is 12.3. The topological polar surface area (TPSA) is 79.4 Å². The number of para-hydroxylation sites is 1. The lowest BCUT2D eigenvalue weighted by Crippen LogP contribution is -2.43. The van der Waals surface area contributed by atoms with Gasteiger partial charge in [-0.15, -0.1) is 34.0 Å². The SMILES string of the molecule is O=C(Nc1sc2c(c1-c1nc3ccccc3s1)CCCC2)C1CCCN(S(=O)(=O)c2cccs2)C1. The van der Waals surface area contributed by atoms with Crippen LogP contribution in [0.1, 0.15) is 36.1 Å². The van der Waals surface area contributed by atoms with Gasteiger partial charge in [-0.3, -0.25) is 4.79 Å². The molecule has 3 aromatic heterocycles. The molecule has 1 atom stereocenters. The maximum absolute atomic E-state index is 13.5. The molecule has 2 aliphatic rings. The molecule has 0 spiro atoms. The molecule has 1 N–H and O–H groups in total. The Morgan fingerprint density at radius 3 is 2.74 bits per heavy atom. The van der Waals surface area contributed by atoms with Gasteiger partial charge in [0.25, 0.3) is 10.0 Å². The van der Waals surface area contributed by atoms with E-state index in [4.69, 9.17) is 4.98 Å². The molecule has 1 fully saturated rings. The first-order valence-electron chi connectivity index (χ1n) is 11.9. The number of aryl methyl sites for hydroxylation is 1. The lowest BCUT2D eigenvalue weighted by atomic mass is 9.95. The van der Waals surface area contributed by atoms with Crippen molar-refractivity contribution < 1.29 is 13.2 Å². The van der Waals surface area contributed by atoms with E-state index < -0.39 is 10.0 Å². The number of aromatic nitrogens is 1. The minimum absolute atomic E-state index is 0.1000. The first kappa shape index (κ1) is 23.3. The fourth-order valence-corrected chi connectivity index (χ4v) is 10.1. The predicted octanol–water partition coefficient (Wildman–Crippen LogP) is 6.00. The number of hydrogen-bond donors (Lipinski definition) is 1. The number of nitrogens with one attached hydrogen (secondary N) is 1. The van der Waals surface area contributed by atoms with Crippen molar-refractivity contribution in [2.75, 3.05) is 18.4 Å². The Kier molecular flexibility index (Phi) is 6.26. The molecular weight excluding hydrogens is 519 g/mol. The highest BCUT2D eigenvalue weighted by Gasteiger charge is 2.35. The molecule has 6 rings (SSSR count). The number of carbonyl (C=O) groups excluding carboxylic acids is 1. The summed E-state index contributed by atoms with van der Waals surface area (Å²) in [7, 11) is -3.56. The Hall–Kier alpha value is -2.11. The van der Waals surface area contributed by atoms with Crippen molar-refractivity contribution in [3.63, 3.8) is 0 Å². The van der Waals surface area contributed by atoms with Crippen molar-refractivity contribution >= 4 is 65.2 Å². The number of piperidine rings is 1. The molecule has 0 bridgehead atoms. The van der Waals surface area contributed by atoms with E-state index >= 15 is 0 Å². The number of anilines is 1. The van der Waals surface area contributed by atoms with Crippen molar-refractivity contribution in [3.8, 4) is 10.6 Å². The molecule has 4 aromatic rings. The van der Waals surface area contributed by atoms with Crippen LogP contribution in [0.15, 0.2) is 46.0 Å². The molecule has 10 heteroatoms. The number of carbonyl (C=O) groups is 1. The van der Waals surface area contributed by atoms with E-state index in [-0.39, 0.29) is 18.4 Å². The fraction of sp³-hybridized carbons (Fsp3) is 0.360. The van der Waals surface area contributed by atoms with Gasteiger partial charge in [0.05, 0.1) is 16.1 Å². The van der Waals surface area contributed by atoms with E-state index in [2.05, 4.69) is 11.4 Å². The lowest BCUT2D eigenvalue weighted by Gasteiger charge is -2.30. The molecule has 6 nitrogen and oxygen atoms in total. The van der Waals surface area contributed by atoms with Gasteiger partial charge in [-0.05, 0) is 67.7 Å². The highest BCUT2D eigenvalue weighted by atomic mass is 32.2. The lowest BCUT2D eigenvalue weighted by molar-refractivity contribution is -0.120.